The second-order valence-corrected chi connectivity index (χ2v) is 8.78. The summed E-state index contributed by atoms with van der Waals surface area (Å²) in [6, 6.07) is 4.27. The molecule has 5 rings (SSSR count). The second kappa shape index (κ2) is 6.76. The smallest absolute Gasteiger partial charge is 0.230 e. The second-order valence-electron chi connectivity index (χ2n) is 7.84. The van der Waals surface area contributed by atoms with E-state index < -0.39 is 0 Å². The van der Waals surface area contributed by atoms with Gasteiger partial charge in [0.2, 0.25) is 5.91 Å². The number of rotatable bonds is 9. The summed E-state index contributed by atoms with van der Waals surface area (Å²) >= 11 is 1.48. The van der Waals surface area contributed by atoms with Crippen LogP contribution in [0.2, 0.25) is 0 Å². The van der Waals surface area contributed by atoms with Gasteiger partial charge in [0.05, 0.1) is 18.6 Å². The molecule has 3 fully saturated rings. The number of carbonyl (C=O) groups is 1. The molecule has 0 saturated heterocycles. The Hall–Kier alpha value is -1.76. The van der Waals surface area contributed by atoms with E-state index in [-0.39, 0.29) is 5.91 Å². The van der Waals surface area contributed by atoms with Crippen molar-refractivity contribution in [3.63, 3.8) is 0 Å². The summed E-state index contributed by atoms with van der Waals surface area (Å²) in [5.41, 5.74) is 0. The Kier molecular flexibility index (Phi) is 4.27. The van der Waals surface area contributed by atoms with Gasteiger partial charge in [-0.05, 0) is 62.5 Å². The number of aromatic nitrogens is 3. The first-order valence-corrected chi connectivity index (χ1v) is 10.6. The van der Waals surface area contributed by atoms with E-state index in [1.165, 1.54) is 50.3 Å². The maximum atomic E-state index is 12.5. The maximum Gasteiger partial charge on any atom is 0.230 e. The van der Waals surface area contributed by atoms with Gasteiger partial charge in [-0.25, -0.2) is 0 Å². The lowest BCUT2D eigenvalue weighted by atomic mass is 10.1. The van der Waals surface area contributed by atoms with Gasteiger partial charge in [-0.1, -0.05) is 11.8 Å². The SMILES string of the molecule is O=C(CSc1nnc(C2CC2)n1Cc1ccco1)NC(C1CC1)C1CC1. The zero-order valence-corrected chi connectivity index (χ0v) is 15.6. The largest absolute Gasteiger partial charge is 0.467 e. The first-order valence-electron chi connectivity index (χ1n) is 9.65. The highest BCUT2D eigenvalue weighted by Gasteiger charge is 2.42. The predicted octanol–water partition coefficient (Wildman–Crippen LogP) is 3.19. The Bertz CT molecular complexity index is 764. The van der Waals surface area contributed by atoms with Crippen LogP contribution in [0.5, 0.6) is 0 Å². The van der Waals surface area contributed by atoms with Gasteiger partial charge in [0.15, 0.2) is 5.16 Å². The highest BCUT2D eigenvalue weighted by atomic mass is 32.2. The summed E-state index contributed by atoms with van der Waals surface area (Å²) < 4.78 is 7.62. The monoisotopic (exact) mass is 372 g/mol. The van der Waals surface area contributed by atoms with Crippen molar-refractivity contribution in [3.8, 4) is 0 Å². The Morgan fingerprint density at radius 3 is 2.62 bits per heavy atom. The molecule has 138 valence electrons. The van der Waals surface area contributed by atoms with Gasteiger partial charge in [0.1, 0.15) is 11.6 Å². The molecule has 0 aliphatic heterocycles. The molecule has 0 bridgehead atoms. The third-order valence-corrected chi connectivity index (χ3v) is 6.47. The fourth-order valence-electron chi connectivity index (χ4n) is 3.65. The third-order valence-electron chi connectivity index (χ3n) is 5.50. The molecule has 0 radical (unpaired) electrons. The summed E-state index contributed by atoms with van der Waals surface area (Å²) in [5, 5.41) is 12.8. The van der Waals surface area contributed by atoms with Crippen molar-refractivity contribution in [3.05, 3.63) is 30.0 Å². The van der Waals surface area contributed by atoms with Gasteiger partial charge in [-0.3, -0.25) is 9.36 Å². The van der Waals surface area contributed by atoms with Crippen molar-refractivity contribution in [2.75, 3.05) is 5.75 Å². The topological polar surface area (TPSA) is 73.0 Å². The number of nitrogens with one attached hydrogen (secondary N) is 1. The van der Waals surface area contributed by atoms with Crippen LogP contribution in [0, 0.1) is 11.8 Å². The van der Waals surface area contributed by atoms with Gasteiger partial charge >= 0.3 is 0 Å². The molecule has 0 aromatic carbocycles. The van der Waals surface area contributed by atoms with Crippen LogP contribution < -0.4 is 5.32 Å². The first kappa shape index (κ1) is 16.4. The number of thioether (sulfide) groups is 1. The van der Waals surface area contributed by atoms with Crippen molar-refractivity contribution in [2.24, 2.45) is 11.8 Å². The minimum Gasteiger partial charge on any atom is -0.467 e. The highest BCUT2D eigenvalue weighted by Crippen LogP contribution is 2.44. The Morgan fingerprint density at radius 2 is 2.00 bits per heavy atom. The highest BCUT2D eigenvalue weighted by molar-refractivity contribution is 7.99. The van der Waals surface area contributed by atoms with Crippen molar-refractivity contribution in [1.82, 2.24) is 20.1 Å². The lowest BCUT2D eigenvalue weighted by Gasteiger charge is -2.17. The molecular formula is C19H24N4O2S. The van der Waals surface area contributed by atoms with Gasteiger partial charge in [0, 0.05) is 12.0 Å². The molecule has 2 aromatic heterocycles. The average molecular weight is 372 g/mol. The lowest BCUT2D eigenvalue weighted by Crippen LogP contribution is -2.39. The zero-order chi connectivity index (χ0) is 17.5. The van der Waals surface area contributed by atoms with Crippen LogP contribution in [0.4, 0.5) is 0 Å². The maximum absolute atomic E-state index is 12.5. The summed E-state index contributed by atoms with van der Waals surface area (Å²) in [4.78, 5) is 12.5. The Morgan fingerprint density at radius 1 is 1.23 bits per heavy atom. The standard InChI is InChI=1S/C19H24N4O2S/c24-16(20-17(12-3-4-12)13-5-6-13)11-26-19-22-21-18(14-7-8-14)23(19)10-15-2-1-9-25-15/h1-2,9,12-14,17H,3-8,10-11H2,(H,20,24). The molecule has 0 spiro atoms. The van der Waals surface area contributed by atoms with Gasteiger partial charge in [0.25, 0.3) is 0 Å². The number of carbonyl (C=O) groups excluding carboxylic acids is 1. The summed E-state index contributed by atoms with van der Waals surface area (Å²) in [7, 11) is 0. The predicted molar refractivity (Wildman–Crippen MR) is 97.9 cm³/mol. The van der Waals surface area contributed by atoms with Crippen molar-refractivity contribution >= 4 is 17.7 Å². The number of amides is 1. The van der Waals surface area contributed by atoms with Gasteiger partial charge in [-0.2, -0.15) is 0 Å². The van der Waals surface area contributed by atoms with Crippen LogP contribution in [0.15, 0.2) is 28.0 Å². The molecule has 6 nitrogen and oxygen atoms in total. The summed E-state index contributed by atoms with van der Waals surface area (Å²) in [6.07, 6.45) is 9.13. The van der Waals surface area contributed by atoms with E-state index in [9.17, 15) is 4.79 Å². The lowest BCUT2D eigenvalue weighted by molar-refractivity contribution is -0.119. The summed E-state index contributed by atoms with van der Waals surface area (Å²) in [6.45, 7) is 0.628. The Labute approximate surface area is 157 Å². The van der Waals surface area contributed by atoms with Crippen molar-refractivity contribution < 1.29 is 9.21 Å². The van der Waals surface area contributed by atoms with Gasteiger partial charge < -0.3 is 9.73 Å². The van der Waals surface area contributed by atoms with E-state index in [1.54, 1.807) is 6.26 Å². The molecule has 3 aliphatic rings. The molecule has 26 heavy (non-hydrogen) atoms. The van der Waals surface area contributed by atoms with Crippen molar-refractivity contribution in [1.29, 1.82) is 0 Å². The first-order chi connectivity index (χ1) is 12.8. The van der Waals surface area contributed by atoms with Gasteiger partial charge in [-0.15, -0.1) is 10.2 Å². The molecule has 0 atom stereocenters. The molecule has 2 aromatic rings. The quantitative estimate of drug-likeness (QED) is 0.685. The number of hydrogen-bond acceptors (Lipinski definition) is 5. The molecular weight excluding hydrogens is 348 g/mol. The van der Waals surface area contributed by atoms with E-state index in [1.807, 2.05) is 12.1 Å². The average Bonchev–Trinajstić information content (AvgIpc) is 3.52. The molecule has 0 unspecified atom stereocenters. The zero-order valence-electron chi connectivity index (χ0n) is 14.8. The van der Waals surface area contributed by atoms with Crippen LogP contribution in [0.25, 0.3) is 0 Å². The van der Waals surface area contributed by atoms with Crippen LogP contribution in [-0.4, -0.2) is 32.5 Å². The minimum atomic E-state index is 0.124. The normalized spacial score (nSPS) is 19.9. The van der Waals surface area contributed by atoms with E-state index in [0.717, 1.165) is 28.6 Å². The van der Waals surface area contributed by atoms with E-state index in [0.29, 0.717) is 24.3 Å². The van der Waals surface area contributed by atoms with E-state index >= 15 is 0 Å². The van der Waals surface area contributed by atoms with Crippen LogP contribution >= 0.6 is 11.8 Å². The van der Waals surface area contributed by atoms with Crippen molar-refractivity contribution in [2.45, 2.75) is 62.2 Å². The fraction of sp³-hybridized carbons (Fsp3) is 0.632. The molecule has 3 saturated carbocycles. The van der Waals surface area contributed by atoms with Crippen LogP contribution in [0.1, 0.15) is 56.0 Å². The number of hydrogen-bond donors (Lipinski definition) is 1. The molecule has 1 amide bonds. The molecule has 1 N–H and O–H groups in total. The molecule has 3 aliphatic carbocycles. The summed E-state index contributed by atoms with van der Waals surface area (Å²) in [5.74, 6) is 4.39. The van der Waals surface area contributed by atoms with E-state index in [4.69, 9.17) is 4.42 Å². The van der Waals surface area contributed by atoms with E-state index in [2.05, 4.69) is 20.1 Å². The third kappa shape index (κ3) is 3.68. The van der Waals surface area contributed by atoms with Crippen LogP contribution in [-0.2, 0) is 11.3 Å². The molecule has 2 heterocycles. The number of furan rings is 1. The number of nitrogens with zero attached hydrogens (tertiary/aromatic N) is 3. The minimum absolute atomic E-state index is 0.124. The fourth-order valence-corrected chi connectivity index (χ4v) is 4.40. The van der Waals surface area contributed by atoms with Crippen LogP contribution in [0.3, 0.4) is 0 Å². The molecule has 7 heteroatoms. The Balaban J connectivity index is 1.24.